The number of fused-ring (bicyclic) bond motifs is 1. The van der Waals surface area contributed by atoms with Gasteiger partial charge in [-0.05, 0) is 37.7 Å². The number of piperidine rings is 1. The number of aromatic amines is 1. The van der Waals surface area contributed by atoms with E-state index in [0.29, 0.717) is 41.1 Å². The van der Waals surface area contributed by atoms with Crippen LogP contribution < -0.4 is 5.32 Å². The van der Waals surface area contributed by atoms with Gasteiger partial charge in [0, 0.05) is 48.9 Å². The van der Waals surface area contributed by atoms with Crippen LogP contribution >= 0.6 is 11.6 Å². The van der Waals surface area contributed by atoms with Gasteiger partial charge in [-0.15, -0.1) is 0 Å². The molecule has 32 heavy (non-hydrogen) atoms. The molecule has 0 radical (unpaired) electrons. The van der Waals surface area contributed by atoms with Crippen LogP contribution in [0.15, 0.2) is 24.7 Å². The topological polar surface area (TPSA) is 86.8 Å². The van der Waals surface area contributed by atoms with E-state index in [-0.39, 0.29) is 17.7 Å². The molecule has 1 atom stereocenters. The summed E-state index contributed by atoms with van der Waals surface area (Å²) in [6.45, 7) is 2.10. The van der Waals surface area contributed by atoms with E-state index in [1.807, 2.05) is 4.90 Å². The summed E-state index contributed by atoms with van der Waals surface area (Å²) in [7, 11) is 0. The minimum atomic E-state index is -0.501. The number of pyridine rings is 1. The second-order valence-corrected chi connectivity index (χ2v) is 9.23. The van der Waals surface area contributed by atoms with E-state index in [2.05, 4.69) is 25.3 Å². The highest BCUT2D eigenvalue weighted by Gasteiger charge is 2.30. The highest BCUT2D eigenvalue weighted by Crippen LogP contribution is 2.30. The molecule has 0 unspecified atom stereocenters. The maximum absolute atomic E-state index is 14.5. The SMILES string of the molecule is O=C(C1CCCC1)N1CCC[C@H](CNc2nc(-c3c[nH]c4ncc(Cl)cc34)ncc2F)C1. The third-order valence-electron chi connectivity index (χ3n) is 6.58. The van der Waals surface area contributed by atoms with E-state index in [4.69, 9.17) is 11.6 Å². The Morgan fingerprint density at radius 1 is 1.22 bits per heavy atom. The fourth-order valence-electron chi connectivity index (χ4n) is 4.89. The molecule has 2 fully saturated rings. The normalized spacial score (nSPS) is 19.6. The minimum Gasteiger partial charge on any atom is -0.367 e. The highest BCUT2D eigenvalue weighted by atomic mass is 35.5. The van der Waals surface area contributed by atoms with Gasteiger partial charge in [0.1, 0.15) is 5.65 Å². The van der Waals surface area contributed by atoms with Crippen molar-refractivity contribution in [3.63, 3.8) is 0 Å². The van der Waals surface area contributed by atoms with E-state index in [1.165, 1.54) is 6.20 Å². The van der Waals surface area contributed by atoms with E-state index < -0.39 is 5.82 Å². The number of rotatable bonds is 5. The van der Waals surface area contributed by atoms with Gasteiger partial charge in [-0.2, -0.15) is 0 Å². The number of carbonyl (C=O) groups excluding carboxylic acids is 1. The molecule has 1 saturated heterocycles. The quantitative estimate of drug-likeness (QED) is 0.583. The van der Waals surface area contributed by atoms with E-state index in [1.54, 1.807) is 18.5 Å². The molecule has 1 aliphatic carbocycles. The average Bonchev–Trinajstić information content (AvgIpc) is 3.48. The maximum atomic E-state index is 14.5. The van der Waals surface area contributed by atoms with E-state index in [9.17, 15) is 9.18 Å². The second-order valence-electron chi connectivity index (χ2n) is 8.80. The van der Waals surface area contributed by atoms with E-state index >= 15 is 0 Å². The van der Waals surface area contributed by atoms with Gasteiger partial charge in [0.05, 0.1) is 11.2 Å². The zero-order chi connectivity index (χ0) is 22.1. The molecule has 4 heterocycles. The van der Waals surface area contributed by atoms with Gasteiger partial charge in [-0.3, -0.25) is 4.79 Å². The molecule has 168 valence electrons. The van der Waals surface area contributed by atoms with Crippen molar-refractivity contribution in [3.05, 3.63) is 35.5 Å². The van der Waals surface area contributed by atoms with Gasteiger partial charge in [0.15, 0.2) is 17.5 Å². The molecule has 2 N–H and O–H groups in total. The Balaban J connectivity index is 1.28. The lowest BCUT2D eigenvalue weighted by Crippen LogP contribution is -2.44. The zero-order valence-corrected chi connectivity index (χ0v) is 18.5. The molecule has 3 aromatic heterocycles. The van der Waals surface area contributed by atoms with Crippen LogP contribution in [0.2, 0.25) is 5.02 Å². The van der Waals surface area contributed by atoms with Gasteiger partial charge >= 0.3 is 0 Å². The van der Waals surface area contributed by atoms with Crippen molar-refractivity contribution in [1.82, 2.24) is 24.8 Å². The predicted octanol–water partition coefficient (Wildman–Crippen LogP) is 4.65. The number of amides is 1. The van der Waals surface area contributed by atoms with Crippen LogP contribution in [0.4, 0.5) is 10.2 Å². The van der Waals surface area contributed by atoms with Gasteiger partial charge in [-0.1, -0.05) is 24.4 Å². The summed E-state index contributed by atoms with van der Waals surface area (Å²) < 4.78 is 14.5. The zero-order valence-electron chi connectivity index (χ0n) is 17.8. The van der Waals surface area contributed by atoms with Crippen LogP contribution in [0, 0.1) is 17.7 Å². The first-order valence-electron chi connectivity index (χ1n) is 11.3. The first-order valence-corrected chi connectivity index (χ1v) is 11.6. The molecular weight excluding hydrogens is 431 g/mol. The largest absolute Gasteiger partial charge is 0.367 e. The van der Waals surface area contributed by atoms with Gasteiger partial charge in [0.25, 0.3) is 0 Å². The Labute approximate surface area is 190 Å². The van der Waals surface area contributed by atoms with Crippen LogP contribution in [0.5, 0.6) is 0 Å². The summed E-state index contributed by atoms with van der Waals surface area (Å²) in [4.78, 5) is 30.7. The Bertz CT molecular complexity index is 1130. The molecular formula is C23H26ClFN6O. The first-order chi connectivity index (χ1) is 15.6. The van der Waals surface area contributed by atoms with Crippen LogP contribution in [-0.4, -0.2) is 50.4 Å². The fourth-order valence-corrected chi connectivity index (χ4v) is 5.05. The number of anilines is 1. The predicted molar refractivity (Wildman–Crippen MR) is 122 cm³/mol. The Morgan fingerprint density at radius 2 is 2.06 bits per heavy atom. The molecule has 1 saturated carbocycles. The van der Waals surface area contributed by atoms with Crippen molar-refractivity contribution < 1.29 is 9.18 Å². The number of hydrogen-bond acceptors (Lipinski definition) is 5. The lowest BCUT2D eigenvalue weighted by atomic mass is 9.96. The molecule has 0 bridgehead atoms. The van der Waals surface area contributed by atoms with Gasteiger partial charge in [-0.25, -0.2) is 19.3 Å². The van der Waals surface area contributed by atoms with Crippen molar-refractivity contribution in [1.29, 1.82) is 0 Å². The van der Waals surface area contributed by atoms with Crippen molar-refractivity contribution in [2.24, 2.45) is 11.8 Å². The molecule has 1 aliphatic heterocycles. The third kappa shape index (κ3) is 4.28. The lowest BCUT2D eigenvalue weighted by molar-refractivity contribution is -0.137. The summed E-state index contributed by atoms with van der Waals surface area (Å²) >= 11 is 6.09. The van der Waals surface area contributed by atoms with Crippen molar-refractivity contribution in [2.75, 3.05) is 25.0 Å². The van der Waals surface area contributed by atoms with Crippen LogP contribution in [0.3, 0.4) is 0 Å². The van der Waals surface area contributed by atoms with Gasteiger partial charge in [0.2, 0.25) is 5.91 Å². The Kier molecular flexibility index (Phi) is 5.95. The first kappa shape index (κ1) is 21.1. The molecule has 9 heteroatoms. The molecule has 2 aliphatic rings. The number of H-pyrrole nitrogens is 1. The smallest absolute Gasteiger partial charge is 0.225 e. The van der Waals surface area contributed by atoms with Gasteiger partial charge < -0.3 is 15.2 Å². The lowest BCUT2D eigenvalue weighted by Gasteiger charge is -2.34. The molecule has 3 aromatic rings. The number of halogens is 2. The minimum absolute atomic E-state index is 0.165. The molecule has 0 aromatic carbocycles. The summed E-state index contributed by atoms with van der Waals surface area (Å²) in [6.07, 6.45) is 10.8. The molecule has 0 spiro atoms. The van der Waals surface area contributed by atoms with Crippen molar-refractivity contribution in [2.45, 2.75) is 38.5 Å². The monoisotopic (exact) mass is 456 g/mol. The molecule has 5 rings (SSSR count). The summed E-state index contributed by atoms with van der Waals surface area (Å²) in [5.41, 5.74) is 1.38. The molecule has 7 nitrogen and oxygen atoms in total. The molecule has 1 amide bonds. The van der Waals surface area contributed by atoms with Crippen molar-refractivity contribution >= 4 is 34.4 Å². The Morgan fingerprint density at radius 3 is 2.91 bits per heavy atom. The van der Waals surface area contributed by atoms with Crippen LogP contribution in [0.25, 0.3) is 22.4 Å². The number of nitrogens with one attached hydrogen (secondary N) is 2. The maximum Gasteiger partial charge on any atom is 0.225 e. The van der Waals surface area contributed by atoms with Crippen molar-refractivity contribution in [3.8, 4) is 11.4 Å². The number of carbonyl (C=O) groups is 1. The highest BCUT2D eigenvalue weighted by molar-refractivity contribution is 6.31. The Hall–Kier alpha value is -2.74. The summed E-state index contributed by atoms with van der Waals surface area (Å²) in [6, 6.07) is 1.79. The number of hydrogen-bond donors (Lipinski definition) is 2. The fraction of sp³-hybridized carbons (Fsp3) is 0.478. The standard InChI is InChI=1S/C23H26ClFN6O/c24-16-8-17-18(11-28-20(17)27-10-16)21-29-12-19(25)22(30-21)26-9-14-4-3-7-31(13-14)23(32)15-5-1-2-6-15/h8,10-12,14-15H,1-7,9,13H2,(H,27,28)(H,26,29,30)/t14-/m1/s1. The number of aromatic nitrogens is 4. The average molecular weight is 457 g/mol. The van der Waals surface area contributed by atoms with Crippen LogP contribution in [0.1, 0.15) is 38.5 Å². The van der Waals surface area contributed by atoms with Crippen LogP contribution in [-0.2, 0) is 4.79 Å². The number of nitrogens with zero attached hydrogens (tertiary/aromatic N) is 4. The third-order valence-corrected chi connectivity index (χ3v) is 6.78. The summed E-state index contributed by atoms with van der Waals surface area (Å²) in [5, 5.41) is 4.45. The number of likely N-dealkylation sites (tertiary alicyclic amines) is 1. The summed E-state index contributed by atoms with van der Waals surface area (Å²) in [5.74, 6) is 0.823. The second kappa shape index (κ2) is 9.02. The van der Waals surface area contributed by atoms with E-state index in [0.717, 1.165) is 50.5 Å².